The van der Waals surface area contributed by atoms with Crippen LogP contribution in [-0.4, -0.2) is 27.8 Å². The van der Waals surface area contributed by atoms with Crippen LogP contribution in [0.25, 0.3) is 6.08 Å². The van der Waals surface area contributed by atoms with E-state index in [0.717, 1.165) is 5.56 Å². The number of esters is 1. The summed E-state index contributed by atoms with van der Waals surface area (Å²) in [6, 6.07) is 7.39. The zero-order valence-corrected chi connectivity index (χ0v) is 15.2. The van der Waals surface area contributed by atoms with Gasteiger partial charge >= 0.3 is 5.97 Å². The van der Waals surface area contributed by atoms with Crippen LogP contribution in [0.1, 0.15) is 23.7 Å². The smallest absolute Gasteiger partial charge is 0.331 e. The van der Waals surface area contributed by atoms with Crippen molar-refractivity contribution >= 4 is 41.2 Å². The molecule has 0 bridgehead atoms. The first kappa shape index (κ1) is 19.0. The Morgan fingerprint density at radius 3 is 2.68 bits per heavy atom. The van der Waals surface area contributed by atoms with Gasteiger partial charge in [0.25, 0.3) is 5.91 Å². The van der Waals surface area contributed by atoms with Crippen molar-refractivity contribution in [3.63, 3.8) is 0 Å². The molecule has 0 spiro atoms. The van der Waals surface area contributed by atoms with Crippen molar-refractivity contribution < 1.29 is 14.3 Å². The molecule has 8 heteroatoms. The maximum absolute atomic E-state index is 11.7. The number of hydrogen-bond donors (Lipinski definition) is 1. The molecule has 132 valence electrons. The fourth-order valence-electron chi connectivity index (χ4n) is 2.07. The minimum absolute atomic E-state index is 0.365. The maximum atomic E-state index is 11.7. The molecule has 0 aliphatic heterocycles. The highest BCUT2D eigenvalue weighted by Crippen LogP contribution is 2.24. The molecule has 2 aromatic rings. The predicted molar refractivity (Wildman–Crippen MR) is 96.3 cm³/mol. The lowest BCUT2D eigenvalue weighted by molar-refractivity contribution is -0.148. The summed E-state index contributed by atoms with van der Waals surface area (Å²) in [5.41, 5.74) is 7.14. The quantitative estimate of drug-likeness (QED) is 0.615. The normalized spacial score (nSPS) is 12.3. The number of carbonyl (C=O) groups is 2. The van der Waals surface area contributed by atoms with Crippen LogP contribution in [0, 0.1) is 6.92 Å². The molecule has 0 saturated carbocycles. The second-order valence-corrected chi connectivity index (χ2v) is 6.12. The molecular weight excluding hydrogens is 365 g/mol. The number of amides is 1. The Balaban J connectivity index is 2.16. The van der Waals surface area contributed by atoms with Crippen LogP contribution >= 0.6 is 23.2 Å². The predicted octanol–water partition coefficient (Wildman–Crippen LogP) is 2.98. The Morgan fingerprint density at radius 2 is 2.04 bits per heavy atom. The lowest BCUT2D eigenvalue weighted by Gasteiger charge is -2.06. The SMILES string of the molecule is Cc1nn(Cc2ccccc2Cl)c(Cl)c1/C=C/C(=O)O[C@@H](C)C(N)=O. The van der Waals surface area contributed by atoms with Crippen molar-refractivity contribution in [2.75, 3.05) is 0 Å². The van der Waals surface area contributed by atoms with Crippen molar-refractivity contribution in [3.05, 3.63) is 57.3 Å². The summed E-state index contributed by atoms with van der Waals surface area (Å²) in [6.45, 7) is 3.57. The lowest BCUT2D eigenvalue weighted by Crippen LogP contribution is -2.29. The fourth-order valence-corrected chi connectivity index (χ4v) is 2.57. The first-order valence-corrected chi connectivity index (χ1v) is 8.19. The number of primary amides is 1. The Labute approximate surface area is 155 Å². The van der Waals surface area contributed by atoms with E-state index < -0.39 is 18.0 Å². The molecule has 0 saturated heterocycles. The van der Waals surface area contributed by atoms with Gasteiger partial charge in [-0.1, -0.05) is 41.4 Å². The van der Waals surface area contributed by atoms with E-state index in [1.165, 1.54) is 19.1 Å². The molecular formula is C17H17Cl2N3O3. The summed E-state index contributed by atoms with van der Waals surface area (Å²) >= 11 is 12.5. The molecule has 25 heavy (non-hydrogen) atoms. The van der Waals surface area contributed by atoms with Gasteiger partial charge in [-0.05, 0) is 31.6 Å². The summed E-state index contributed by atoms with van der Waals surface area (Å²) in [5, 5.41) is 5.35. The number of carbonyl (C=O) groups excluding carboxylic acids is 2. The van der Waals surface area contributed by atoms with Gasteiger partial charge in [-0.3, -0.25) is 4.79 Å². The van der Waals surface area contributed by atoms with Crippen molar-refractivity contribution in [3.8, 4) is 0 Å². The van der Waals surface area contributed by atoms with Crippen molar-refractivity contribution in [1.29, 1.82) is 0 Å². The summed E-state index contributed by atoms with van der Waals surface area (Å²) in [5.74, 6) is -1.41. The third-order valence-electron chi connectivity index (χ3n) is 3.47. The average molecular weight is 382 g/mol. The zero-order chi connectivity index (χ0) is 18.6. The highest BCUT2D eigenvalue weighted by Gasteiger charge is 2.15. The van der Waals surface area contributed by atoms with Gasteiger partial charge in [-0.15, -0.1) is 0 Å². The van der Waals surface area contributed by atoms with E-state index in [2.05, 4.69) is 5.10 Å². The van der Waals surface area contributed by atoms with Crippen LogP contribution in [0.15, 0.2) is 30.3 Å². The second kappa shape index (κ2) is 8.18. The van der Waals surface area contributed by atoms with Crippen LogP contribution < -0.4 is 5.73 Å². The van der Waals surface area contributed by atoms with E-state index in [4.69, 9.17) is 33.7 Å². The monoisotopic (exact) mass is 381 g/mol. The minimum Gasteiger partial charge on any atom is -0.449 e. The topological polar surface area (TPSA) is 87.2 Å². The van der Waals surface area contributed by atoms with Crippen LogP contribution in [-0.2, 0) is 20.9 Å². The highest BCUT2D eigenvalue weighted by atomic mass is 35.5. The Morgan fingerprint density at radius 1 is 1.36 bits per heavy atom. The Hall–Kier alpha value is -2.31. The average Bonchev–Trinajstić information content (AvgIpc) is 2.81. The first-order valence-electron chi connectivity index (χ1n) is 7.44. The van der Waals surface area contributed by atoms with Crippen LogP contribution in [0.2, 0.25) is 10.2 Å². The largest absolute Gasteiger partial charge is 0.449 e. The van der Waals surface area contributed by atoms with E-state index in [9.17, 15) is 9.59 Å². The van der Waals surface area contributed by atoms with Gasteiger partial charge in [0.15, 0.2) is 6.10 Å². The highest BCUT2D eigenvalue weighted by molar-refractivity contribution is 6.32. The number of nitrogens with zero attached hydrogens (tertiary/aromatic N) is 2. The number of ether oxygens (including phenoxy) is 1. The third-order valence-corrected chi connectivity index (χ3v) is 4.23. The number of benzene rings is 1. The number of aromatic nitrogens is 2. The molecule has 1 aromatic heterocycles. The number of hydrogen-bond acceptors (Lipinski definition) is 4. The molecule has 0 fully saturated rings. The summed E-state index contributed by atoms with van der Waals surface area (Å²) < 4.78 is 6.44. The Bertz CT molecular complexity index is 831. The van der Waals surface area contributed by atoms with Crippen molar-refractivity contribution in [1.82, 2.24) is 9.78 Å². The van der Waals surface area contributed by atoms with Gasteiger partial charge < -0.3 is 10.5 Å². The van der Waals surface area contributed by atoms with Gasteiger partial charge in [-0.2, -0.15) is 5.10 Å². The molecule has 0 unspecified atom stereocenters. The van der Waals surface area contributed by atoms with Gasteiger partial charge in [0.2, 0.25) is 0 Å². The molecule has 6 nitrogen and oxygen atoms in total. The molecule has 2 N–H and O–H groups in total. The summed E-state index contributed by atoms with van der Waals surface area (Å²) in [4.78, 5) is 22.6. The molecule has 1 aromatic carbocycles. The van der Waals surface area contributed by atoms with Gasteiger partial charge in [0.05, 0.1) is 12.2 Å². The number of nitrogens with two attached hydrogens (primary N) is 1. The number of aryl methyl sites for hydroxylation is 1. The van der Waals surface area contributed by atoms with Gasteiger partial charge in [-0.25, -0.2) is 9.48 Å². The fraction of sp³-hybridized carbons (Fsp3) is 0.235. The third kappa shape index (κ3) is 4.84. The number of rotatable bonds is 6. The molecule has 1 heterocycles. The van der Waals surface area contributed by atoms with Crippen LogP contribution in [0.4, 0.5) is 0 Å². The zero-order valence-electron chi connectivity index (χ0n) is 13.7. The molecule has 2 rings (SSSR count). The van der Waals surface area contributed by atoms with Crippen molar-refractivity contribution in [2.24, 2.45) is 5.73 Å². The molecule has 0 aliphatic rings. The molecule has 0 radical (unpaired) electrons. The van der Waals surface area contributed by atoms with Crippen LogP contribution in [0.3, 0.4) is 0 Å². The van der Waals surface area contributed by atoms with E-state index in [-0.39, 0.29) is 0 Å². The molecule has 0 aliphatic carbocycles. The van der Waals surface area contributed by atoms with Crippen LogP contribution in [0.5, 0.6) is 0 Å². The number of halogens is 2. The minimum atomic E-state index is -1.00. The summed E-state index contributed by atoms with van der Waals surface area (Å²) in [6.07, 6.45) is 1.66. The van der Waals surface area contributed by atoms with E-state index in [1.807, 2.05) is 18.2 Å². The summed E-state index contributed by atoms with van der Waals surface area (Å²) in [7, 11) is 0. The maximum Gasteiger partial charge on any atom is 0.331 e. The first-order chi connectivity index (χ1) is 11.8. The van der Waals surface area contributed by atoms with E-state index in [0.29, 0.717) is 28.0 Å². The molecule has 1 amide bonds. The van der Waals surface area contributed by atoms with Gasteiger partial charge in [0, 0.05) is 16.7 Å². The Kier molecular flexibility index (Phi) is 6.22. The van der Waals surface area contributed by atoms with E-state index in [1.54, 1.807) is 17.7 Å². The standard InChI is InChI=1S/C17H17Cl2N3O3/c1-10-13(7-8-15(23)25-11(2)17(20)24)16(19)22(21-10)9-12-5-3-4-6-14(12)18/h3-8,11H,9H2,1-2H3,(H2,20,24)/b8-7+/t11-/m0/s1. The lowest BCUT2D eigenvalue weighted by atomic mass is 10.2. The molecule has 1 atom stereocenters. The second-order valence-electron chi connectivity index (χ2n) is 5.35. The van der Waals surface area contributed by atoms with Gasteiger partial charge in [0.1, 0.15) is 5.15 Å². The van der Waals surface area contributed by atoms with Crippen molar-refractivity contribution in [2.45, 2.75) is 26.5 Å². The van der Waals surface area contributed by atoms with E-state index >= 15 is 0 Å².